The molecule has 1 atom stereocenters. The van der Waals surface area contributed by atoms with Gasteiger partial charge in [0.15, 0.2) is 5.82 Å². The maximum absolute atomic E-state index is 5.72. The van der Waals surface area contributed by atoms with Crippen LogP contribution in [0.5, 0.6) is 0 Å². The average Bonchev–Trinajstić information content (AvgIpc) is 3.76. The number of rotatable bonds is 4. The lowest BCUT2D eigenvalue weighted by atomic mass is 9.72. The fraction of sp³-hybridized carbons (Fsp3) is 0.0545. The largest absolute Gasteiger partial charge is 0.231 e. The quantitative estimate of drug-likeness (QED) is 0.181. The van der Waals surface area contributed by atoms with Crippen LogP contribution in [0.15, 0.2) is 188 Å². The summed E-state index contributed by atoms with van der Waals surface area (Å²) in [6, 6.07) is 68.8. The molecule has 0 amide bonds. The Hall–Kier alpha value is -7.16. The second-order valence-corrected chi connectivity index (χ2v) is 15.5. The van der Waals surface area contributed by atoms with Gasteiger partial charge in [0.1, 0.15) is 0 Å². The Morgan fingerprint density at radius 2 is 1.04 bits per heavy atom. The van der Waals surface area contributed by atoms with Gasteiger partial charge in [-0.05, 0) is 107 Å². The Bertz CT molecular complexity index is 3230. The van der Waals surface area contributed by atoms with Crippen LogP contribution in [0.25, 0.3) is 78.3 Å². The molecule has 57 heavy (non-hydrogen) atoms. The molecular weight excluding hydrogens is 689 g/mol. The summed E-state index contributed by atoms with van der Waals surface area (Å²) in [5.74, 6) is 0.766. The van der Waals surface area contributed by atoms with Crippen molar-refractivity contribution in [2.24, 2.45) is 0 Å². The molecule has 1 spiro atoms. The molecule has 0 aliphatic heterocycles. The first-order chi connectivity index (χ1) is 28.3. The van der Waals surface area contributed by atoms with E-state index in [1.54, 1.807) is 0 Å². The summed E-state index contributed by atoms with van der Waals surface area (Å²) in [5.41, 5.74) is 17.4. The second kappa shape index (κ2) is 12.4. The number of hydrogen-bond donors (Lipinski definition) is 0. The van der Waals surface area contributed by atoms with Crippen molar-refractivity contribution in [1.82, 2.24) is 9.97 Å². The lowest BCUT2D eigenvalue weighted by Crippen LogP contribution is -2.30. The molecule has 2 nitrogen and oxygen atoms in total. The van der Waals surface area contributed by atoms with E-state index in [2.05, 4.69) is 194 Å². The van der Waals surface area contributed by atoms with Crippen LogP contribution in [0.2, 0.25) is 0 Å². The highest BCUT2D eigenvalue weighted by Crippen LogP contribution is 2.63. The van der Waals surface area contributed by atoms with Gasteiger partial charge in [-0.3, -0.25) is 0 Å². The fourth-order valence-corrected chi connectivity index (χ4v) is 10.0. The number of fused-ring (bicyclic) bond motifs is 12. The lowest BCUT2D eigenvalue weighted by Gasteiger charge is -2.30. The third-order valence-electron chi connectivity index (χ3n) is 12.6. The minimum Gasteiger partial charge on any atom is -0.231 e. The highest BCUT2D eigenvalue weighted by atomic mass is 14.9. The maximum Gasteiger partial charge on any atom is 0.160 e. The SMILES string of the molecule is C1=c2ccccc2=C(c2nc(-c3ccccc3)nc3c2-c2ccccc2C32c3ccccc3-c3ccc(-c4ccc(-c5ccc6ccccc6c5)cc4)cc32)CC1. The number of benzene rings is 8. The molecule has 266 valence electrons. The molecular formula is C55H36N2. The first-order valence-corrected chi connectivity index (χ1v) is 20.0. The Morgan fingerprint density at radius 1 is 0.421 bits per heavy atom. The van der Waals surface area contributed by atoms with Gasteiger partial charge in [-0.15, -0.1) is 0 Å². The Balaban J connectivity index is 1.11. The van der Waals surface area contributed by atoms with Gasteiger partial charge in [0.05, 0.1) is 16.8 Å². The molecule has 0 saturated carbocycles. The summed E-state index contributed by atoms with van der Waals surface area (Å²) >= 11 is 0. The molecule has 9 aromatic rings. The summed E-state index contributed by atoms with van der Waals surface area (Å²) in [5, 5.41) is 5.06. The van der Waals surface area contributed by atoms with Crippen molar-refractivity contribution in [3.05, 3.63) is 227 Å². The molecule has 3 aliphatic rings. The summed E-state index contributed by atoms with van der Waals surface area (Å²) in [4.78, 5) is 11.3. The molecule has 0 radical (unpaired) electrons. The molecule has 2 heteroatoms. The number of nitrogens with zero attached hydrogens (tertiary/aromatic N) is 2. The van der Waals surface area contributed by atoms with Crippen LogP contribution in [-0.4, -0.2) is 9.97 Å². The average molecular weight is 725 g/mol. The van der Waals surface area contributed by atoms with Gasteiger partial charge < -0.3 is 0 Å². The molecule has 0 bridgehead atoms. The van der Waals surface area contributed by atoms with Crippen LogP contribution < -0.4 is 10.4 Å². The van der Waals surface area contributed by atoms with E-state index in [1.807, 2.05) is 0 Å². The monoisotopic (exact) mass is 724 g/mol. The number of hydrogen-bond acceptors (Lipinski definition) is 2. The van der Waals surface area contributed by atoms with Crippen molar-refractivity contribution in [3.63, 3.8) is 0 Å². The van der Waals surface area contributed by atoms with E-state index in [9.17, 15) is 0 Å². The van der Waals surface area contributed by atoms with Crippen molar-refractivity contribution < 1.29 is 0 Å². The molecule has 0 fully saturated rings. The summed E-state index contributed by atoms with van der Waals surface area (Å²) in [6.07, 6.45) is 4.27. The van der Waals surface area contributed by atoms with Gasteiger partial charge in [-0.1, -0.05) is 182 Å². The van der Waals surface area contributed by atoms with E-state index in [-0.39, 0.29) is 0 Å². The molecule has 1 aromatic heterocycles. The van der Waals surface area contributed by atoms with Gasteiger partial charge in [0.25, 0.3) is 0 Å². The van der Waals surface area contributed by atoms with E-state index < -0.39 is 5.41 Å². The van der Waals surface area contributed by atoms with Gasteiger partial charge >= 0.3 is 0 Å². The van der Waals surface area contributed by atoms with Gasteiger partial charge in [-0.25, -0.2) is 9.97 Å². The zero-order chi connectivity index (χ0) is 37.5. The van der Waals surface area contributed by atoms with Crippen molar-refractivity contribution in [2.75, 3.05) is 0 Å². The van der Waals surface area contributed by atoms with Gasteiger partial charge in [0.2, 0.25) is 0 Å². The van der Waals surface area contributed by atoms with Crippen LogP contribution in [-0.2, 0) is 5.41 Å². The first-order valence-electron chi connectivity index (χ1n) is 20.0. The van der Waals surface area contributed by atoms with E-state index in [1.165, 1.54) is 82.4 Å². The summed E-state index contributed by atoms with van der Waals surface area (Å²) < 4.78 is 0. The van der Waals surface area contributed by atoms with Crippen LogP contribution in [0, 0.1) is 0 Å². The Morgan fingerprint density at radius 3 is 1.86 bits per heavy atom. The van der Waals surface area contributed by atoms with Crippen molar-refractivity contribution >= 4 is 22.4 Å². The Labute approximate surface area is 331 Å². The third-order valence-corrected chi connectivity index (χ3v) is 12.6. The highest BCUT2D eigenvalue weighted by Gasteiger charge is 2.54. The lowest BCUT2D eigenvalue weighted by molar-refractivity contribution is 0.757. The van der Waals surface area contributed by atoms with Gasteiger partial charge in [-0.2, -0.15) is 0 Å². The van der Waals surface area contributed by atoms with Crippen molar-refractivity contribution in [2.45, 2.75) is 18.3 Å². The third kappa shape index (κ3) is 4.71. The number of aromatic nitrogens is 2. The smallest absolute Gasteiger partial charge is 0.160 e. The Kier molecular flexibility index (Phi) is 7.00. The van der Waals surface area contributed by atoms with Crippen LogP contribution in [0.4, 0.5) is 0 Å². The topological polar surface area (TPSA) is 25.8 Å². The minimum absolute atomic E-state index is 0.624. The zero-order valence-corrected chi connectivity index (χ0v) is 31.3. The van der Waals surface area contributed by atoms with E-state index in [0.717, 1.165) is 41.2 Å². The molecule has 3 aliphatic carbocycles. The zero-order valence-electron chi connectivity index (χ0n) is 31.3. The molecule has 1 unspecified atom stereocenters. The standard InChI is InChI=1S/C55H36N2/c1-2-15-39(16-3-1)54-56-52(46-22-12-18-38-14-6-7-19-43(38)46)51-47-21-9-11-24-49(47)55(53(51)57-54)48-23-10-8-20-44(48)45-32-31-42(34-50(45)55)37-27-25-36(26-28-37)41-30-29-35-13-4-5-17-40(35)33-41/h1-11,13-21,23-34H,12,22H2. The van der Waals surface area contributed by atoms with Crippen LogP contribution in [0.1, 0.15) is 40.9 Å². The van der Waals surface area contributed by atoms with E-state index in [4.69, 9.17) is 9.97 Å². The van der Waals surface area contributed by atoms with Gasteiger partial charge in [0, 0.05) is 11.1 Å². The summed E-state index contributed by atoms with van der Waals surface area (Å²) in [6.45, 7) is 0. The molecule has 0 saturated heterocycles. The van der Waals surface area contributed by atoms with E-state index in [0.29, 0.717) is 0 Å². The molecule has 1 heterocycles. The molecule has 12 rings (SSSR count). The van der Waals surface area contributed by atoms with Crippen LogP contribution in [0.3, 0.4) is 0 Å². The molecule has 0 N–H and O–H groups in total. The van der Waals surface area contributed by atoms with Crippen LogP contribution >= 0.6 is 0 Å². The first kappa shape index (κ1) is 32.1. The maximum atomic E-state index is 5.72. The van der Waals surface area contributed by atoms with Crippen molar-refractivity contribution in [1.29, 1.82) is 0 Å². The highest BCUT2D eigenvalue weighted by molar-refractivity contribution is 5.98. The van der Waals surface area contributed by atoms with E-state index >= 15 is 0 Å². The second-order valence-electron chi connectivity index (χ2n) is 15.5. The van der Waals surface area contributed by atoms with Crippen molar-refractivity contribution in [3.8, 4) is 55.9 Å². The predicted octanol–water partition coefficient (Wildman–Crippen LogP) is 11.7. The fourth-order valence-electron chi connectivity index (χ4n) is 10.0. The molecule has 8 aromatic carbocycles. The summed E-state index contributed by atoms with van der Waals surface area (Å²) in [7, 11) is 0. The normalized spacial score (nSPS) is 15.8. The predicted molar refractivity (Wildman–Crippen MR) is 234 cm³/mol. The minimum atomic E-state index is -0.624.